The molecule has 0 spiro atoms. The molecule has 33 heavy (non-hydrogen) atoms. The number of nitrogens with one attached hydrogen (secondary N) is 3. The number of guanidine groups is 1. The highest BCUT2D eigenvalue weighted by atomic mass is 127. The van der Waals surface area contributed by atoms with Gasteiger partial charge in [0, 0.05) is 49.8 Å². The number of hydrogen-bond acceptors (Lipinski definition) is 3. The van der Waals surface area contributed by atoms with Crippen LogP contribution in [0.15, 0.2) is 53.7 Å². The Morgan fingerprint density at radius 2 is 1.85 bits per heavy atom. The first-order chi connectivity index (χ1) is 15.7. The number of aromatic nitrogens is 1. The van der Waals surface area contributed by atoms with Gasteiger partial charge in [-0.15, -0.1) is 24.0 Å². The predicted molar refractivity (Wildman–Crippen MR) is 143 cm³/mol. The number of morpholine rings is 1. The minimum atomic E-state index is -0.222. The van der Waals surface area contributed by atoms with Crippen LogP contribution in [0.1, 0.15) is 23.6 Å². The SMILES string of the molecule is CCNC(=NCc1ccc(CN2CCOCC2)cc1)NCCc1c[nH]c2cc(F)ccc12.I. The molecule has 8 heteroatoms. The Morgan fingerprint density at radius 3 is 2.61 bits per heavy atom. The molecule has 0 unspecified atom stereocenters. The molecule has 1 saturated heterocycles. The fourth-order valence-corrected chi connectivity index (χ4v) is 3.96. The molecule has 4 rings (SSSR count). The van der Waals surface area contributed by atoms with Crippen molar-refractivity contribution in [3.63, 3.8) is 0 Å². The third-order valence-corrected chi connectivity index (χ3v) is 5.71. The van der Waals surface area contributed by atoms with Gasteiger partial charge in [-0.3, -0.25) is 4.90 Å². The summed E-state index contributed by atoms with van der Waals surface area (Å²) in [5.74, 6) is 0.579. The van der Waals surface area contributed by atoms with Gasteiger partial charge in [-0.05, 0) is 48.2 Å². The van der Waals surface area contributed by atoms with Crippen LogP contribution in [0.4, 0.5) is 4.39 Å². The van der Waals surface area contributed by atoms with Gasteiger partial charge in [0.25, 0.3) is 0 Å². The molecular weight excluding hydrogens is 532 g/mol. The number of fused-ring (bicyclic) bond motifs is 1. The first kappa shape index (κ1) is 25.5. The Labute approximate surface area is 212 Å². The fourth-order valence-electron chi connectivity index (χ4n) is 3.96. The average Bonchev–Trinajstić information content (AvgIpc) is 3.21. The molecule has 0 amide bonds. The van der Waals surface area contributed by atoms with Crippen LogP contribution < -0.4 is 10.6 Å². The zero-order valence-electron chi connectivity index (χ0n) is 19.1. The molecule has 3 aromatic rings. The molecule has 2 aromatic carbocycles. The molecular formula is C25H33FIN5O. The Kier molecular flexibility index (Phi) is 9.95. The Morgan fingerprint density at radius 1 is 1.09 bits per heavy atom. The first-order valence-corrected chi connectivity index (χ1v) is 11.4. The van der Waals surface area contributed by atoms with Gasteiger partial charge in [0.05, 0.1) is 19.8 Å². The number of aliphatic imine (C=N–C) groups is 1. The van der Waals surface area contributed by atoms with E-state index in [1.54, 1.807) is 0 Å². The van der Waals surface area contributed by atoms with Crippen LogP contribution in [0.3, 0.4) is 0 Å². The van der Waals surface area contributed by atoms with Crippen molar-refractivity contribution in [2.45, 2.75) is 26.4 Å². The second kappa shape index (κ2) is 12.9. The Balaban J connectivity index is 0.00000306. The van der Waals surface area contributed by atoms with E-state index in [-0.39, 0.29) is 29.8 Å². The zero-order chi connectivity index (χ0) is 22.2. The van der Waals surface area contributed by atoms with E-state index in [0.29, 0.717) is 6.54 Å². The summed E-state index contributed by atoms with van der Waals surface area (Å²) in [6.07, 6.45) is 2.78. The van der Waals surface area contributed by atoms with Crippen LogP contribution >= 0.6 is 24.0 Å². The molecule has 1 fully saturated rings. The third kappa shape index (κ3) is 7.41. The molecule has 2 heterocycles. The highest BCUT2D eigenvalue weighted by Crippen LogP contribution is 2.19. The smallest absolute Gasteiger partial charge is 0.191 e. The summed E-state index contributed by atoms with van der Waals surface area (Å²) in [4.78, 5) is 10.3. The van der Waals surface area contributed by atoms with Crippen molar-refractivity contribution in [2.24, 2.45) is 4.99 Å². The summed E-state index contributed by atoms with van der Waals surface area (Å²) >= 11 is 0. The number of halogens is 2. The Bertz CT molecular complexity index is 1030. The first-order valence-electron chi connectivity index (χ1n) is 11.4. The number of ether oxygens (including phenoxy) is 1. The van der Waals surface area contributed by atoms with E-state index < -0.39 is 0 Å². The van der Waals surface area contributed by atoms with Crippen molar-refractivity contribution < 1.29 is 9.13 Å². The van der Waals surface area contributed by atoms with Gasteiger partial charge in [0.15, 0.2) is 5.96 Å². The average molecular weight is 565 g/mol. The summed E-state index contributed by atoms with van der Waals surface area (Å²) in [5.41, 5.74) is 4.51. The second-order valence-corrected chi connectivity index (χ2v) is 8.08. The predicted octanol–water partition coefficient (Wildman–Crippen LogP) is 4.06. The summed E-state index contributed by atoms with van der Waals surface area (Å²) < 4.78 is 18.8. The zero-order valence-corrected chi connectivity index (χ0v) is 21.4. The van der Waals surface area contributed by atoms with Gasteiger partial charge in [-0.1, -0.05) is 24.3 Å². The number of rotatable bonds is 8. The molecule has 0 atom stereocenters. The molecule has 178 valence electrons. The van der Waals surface area contributed by atoms with Crippen LogP contribution in [-0.4, -0.2) is 55.2 Å². The molecule has 1 aliphatic heterocycles. The maximum absolute atomic E-state index is 13.4. The quantitative estimate of drug-likeness (QED) is 0.219. The van der Waals surface area contributed by atoms with Crippen molar-refractivity contribution >= 4 is 40.8 Å². The maximum atomic E-state index is 13.4. The highest BCUT2D eigenvalue weighted by Gasteiger charge is 2.10. The van der Waals surface area contributed by atoms with Crippen molar-refractivity contribution in [3.05, 3.63) is 71.2 Å². The Hall–Kier alpha value is -2.17. The number of benzene rings is 2. The van der Waals surface area contributed by atoms with Crippen molar-refractivity contribution in [3.8, 4) is 0 Å². The van der Waals surface area contributed by atoms with E-state index in [9.17, 15) is 4.39 Å². The molecule has 0 aliphatic carbocycles. The number of hydrogen-bond donors (Lipinski definition) is 3. The van der Waals surface area contributed by atoms with E-state index in [4.69, 9.17) is 9.73 Å². The van der Waals surface area contributed by atoms with Crippen LogP contribution in [0, 0.1) is 5.82 Å². The normalized spacial score (nSPS) is 14.8. The molecule has 0 saturated carbocycles. The second-order valence-electron chi connectivity index (χ2n) is 8.08. The van der Waals surface area contributed by atoms with Gasteiger partial charge in [0.2, 0.25) is 0 Å². The monoisotopic (exact) mass is 565 g/mol. The van der Waals surface area contributed by atoms with E-state index in [1.807, 2.05) is 12.3 Å². The van der Waals surface area contributed by atoms with Gasteiger partial charge in [-0.2, -0.15) is 0 Å². The fraction of sp³-hybridized carbons (Fsp3) is 0.400. The van der Waals surface area contributed by atoms with Crippen molar-refractivity contribution in [1.29, 1.82) is 0 Å². The van der Waals surface area contributed by atoms with Crippen LogP contribution in [-0.2, 0) is 24.2 Å². The van der Waals surface area contributed by atoms with E-state index in [1.165, 1.54) is 28.8 Å². The third-order valence-electron chi connectivity index (χ3n) is 5.71. The lowest BCUT2D eigenvalue weighted by Crippen LogP contribution is -2.38. The van der Waals surface area contributed by atoms with Gasteiger partial charge < -0.3 is 20.4 Å². The molecule has 1 aliphatic rings. The standard InChI is InChI=1S/C25H32FN5O.HI/c1-2-27-25(28-10-9-21-17-29-24-15-22(26)7-8-23(21)24)30-16-19-3-5-20(6-4-19)18-31-11-13-32-14-12-31;/h3-8,15,17,29H,2,9-14,16,18H2,1H3,(H2,27,28,30);1H. The maximum Gasteiger partial charge on any atom is 0.191 e. The molecule has 0 bridgehead atoms. The van der Waals surface area contributed by atoms with E-state index in [2.05, 4.69) is 51.7 Å². The molecule has 3 N–H and O–H groups in total. The van der Waals surface area contributed by atoms with Crippen molar-refractivity contribution in [1.82, 2.24) is 20.5 Å². The largest absolute Gasteiger partial charge is 0.379 e. The summed E-state index contributed by atoms with van der Waals surface area (Å²) in [7, 11) is 0. The minimum Gasteiger partial charge on any atom is -0.379 e. The van der Waals surface area contributed by atoms with Gasteiger partial charge in [0.1, 0.15) is 5.82 Å². The highest BCUT2D eigenvalue weighted by molar-refractivity contribution is 14.0. The van der Waals surface area contributed by atoms with Gasteiger partial charge >= 0.3 is 0 Å². The summed E-state index contributed by atoms with van der Waals surface area (Å²) in [6.45, 7) is 8.85. The molecule has 6 nitrogen and oxygen atoms in total. The number of H-pyrrole nitrogens is 1. The minimum absolute atomic E-state index is 0. The van der Waals surface area contributed by atoms with Gasteiger partial charge in [-0.25, -0.2) is 9.38 Å². The summed E-state index contributed by atoms with van der Waals surface area (Å²) in [5, 5.41) is 7.77. The van der Waals surface area contributed by atoms with E-state index in [0.717, 1.165) is 69.2 Å². The van der Waals surface area contributed by atoms with E-state index >= 15 is 0 Å². The lowest BCUT2D eigenvalue weighted by molar-refractivity contribution is 0.0342. The lowest BCUT2D eigenvalue weighted by Gasteiger charge is -2.26. The molecule has 1 aromatic heterocycles. The van der Waals surface area contributed by atoms with Crippen LogP contribution in [0.5, 0.6) is 0 Å². The molecule has 0 radical (unpaired) electrons. The number of aromatic amines is 1. The van der Waals surface area contributed by atoms with Crippen LogP contribution in [0.2, 0.25) is 0 Å². The summed E-state index contributed by atoms with van der Waals surface area (Å²) in [6, 6.07) is 13.6. The van der Waals surface area contributed by atoms with Crippen molar-refractivity contribution in [2.75, 3.05) is 39.4 Å². The number of nitrogens with zero attached hydrogens (tertiary/aromatic N) is 2. The van der Waals surface area contributed by atoms with Crippen LogP contribution in [0.25, 0.3) is 10.9 Å². The lowest BCUT2D eigenvalue weighted by atomic mass is 10.1. The topological polar surface area (TPSA) is 64.7 Å².